The van der Waals surface area contributed by atoms with Crippen molar-refractivity contribution in [2.75, 3.05) is 0 Å². The highest BCUT2D eigenvalue weighted by atomic mass is 32.1. The molecule has 0 aliphatic carbocycles. The fourth-order valence-electron chi connectivity index (χ4n) is 2.92. The first-order valence-corrected chi connectivity index (χ1v) is 9.07. The molecule has 2 heterocycles. The minimum atomic E-state index is 0.112. The standard InChI is InChI=1S/C20H6N4S2/c21-7-13(8-22)17-5-11-1-3-15-16(19(11)25-17)4-2-12-6-18(26-20(12)15)14(9-23)10-24/h1-6H. The van der Waals surface area contributed by atoms with Gasteiger partial charge in [-0.25, -0.2) is 0 Å². The lowest BCUT2D eigenvalue weighted by atomic mass is 10.1. The molecular weight excluding hydrogens is 360 g/mol. The van der Waals surface area contributed by atoms with Crippen molar-refractivity contribution >= 4 is 64.8 Å². The van der Waals surface area contributed by atoms with E-state index in [1.165, 1.54) is 22.7 Å². The van der Waals surface area contributed by atoms with Crippen molar-refractivity contribution in [3.8, 4) is 24.3 Å². The predicted octanol–water partition coefficient (Wildman–Crippen LogP) is 3.66. The van der Waals surface area contributed by atoms with Gasteiger partial charge in [-0.05, 0) is 22.9 Å². The van der Waals surface area contributed by atoms with Gasteiger partial charge in [0.15, 0.2) is 0 Å². The van der Waals surface area contributed by atoms with Gasteiger partial charge in [0.25, 0.3) is 0 Å². The molecule has 0 bridgehead atoms. The molecule has 0 aliphatic rings. The Kier molecular flexibility index (Phi) is 3.65. The van der Waals surface area contributed by atoms with E-state index in [2.05, 4.69) is 0 Å². The highest BCUT2D eigenvalue weighted by molar-refractivity contribution is 7.19. The third kappa shape index (κ3) is 2.23. The van der Waals surface area contributed by atoms with Crippen molar-refractivity contribution in [3.05, 3.63) is 45.5 Å². The van der Waals surface area contributed by atoms with Crippen LogP contribution in [-0.4, -0.2) is 0 Å². The fourth-order valence-corrected chi connectivity index (χ4v) is 5.18. The van der Waals surface area contributed by atoms with Gasteiger partial charge >= 0.3 is 0 Å². The minimum Gasteiger partial charge on any atom is -0.192 e. The van der Waals surface area contributed by atoms with E-state index < -0.39 is 0 Å². The first-order chi connectivity index (χ1) is 12.7. The maximum absolute atomic E-state index is 9.10. The maximum atomic E-state index is 9.10. The summed E-state index contributed by atoms with van der Waals surface area (Å²) in [6.07, 6.45) is 0. The summed E-state index contributed by atoms with van der Waals surface area (Å²) >= 11 is 2.85. The number of hydrogen-bond acceptors (Lipinski definition) is 6. The molecule has 0 saturated carbocycles. The molecule has 0 spiro atoms. The van der Waals surface area contributed by atoms with Gasteiger partial charge in [0.1, 0.15) is 35.4 Å². The summed E-state index contributed by atoms with van der Waals surface area (Å²) in [4.78, 5) is 0. The second-order valence-electron chi connectivity index (χ2n) is 5.48. The zero-order chi connectivity index (χ0) is 18.3. The smallest absolute Gasteiger partial charge is 0.146 e. The van der Waals surface area contributed by atoms with Crippen LogP contribution in [0.25, 0.3) is 42.1 Å². The number of hydrogen-bond donors (Lipinski definition) is 0. The molecule has 4 nitrogen and oxygen atoms in total. The predicted molar refractivity (Wildman–Crippen MR) is 103 cm³/mol. The first-order valence-electron chi connectivity index (χ1n) is 7.44. The largest absolute Gasteiger partial charge is 0.192 e. The molecule has 0 saturated heterocycles. The first kappa shape index (κ1) is 15.8. The number of nitrogens with zero attached hydrogens (tertiary/aromatic N) is 4. The van der Waals surface area contributed by atoms with E-state index in [1.54, 1.807) is 0 Å². The van der Waals surface area contributed by atoms with Gasteiger partial charge in [-0.2, -0.15) is 21.0 Å². The number of nitriles is 4. The van der Waals surface area contributed by atoms with E-state index in [0.29, 0.717) is 9.06 Å². The summed E-state index contributed by atoms with van der Waals surface area (Å²) in [5.74, 6) is 0. The number of rotatable bonds is 0. The van der Waals surface area contributed by atoms with Crippen molar-refractivity contribution in [1.29, 1.82) is 21.0 Å². The van der Waals surface area contributed by atoms with Crippen LogP contribution in [-0.2, 0) is 0 Å². The van der Waals surface area contributed by atoms with Crippen molar-refractivity contribution in [1.82, 2.24) is 0 Å². The van der Waals surface area contributed by atoms with Crippen molar-refractivity contribution in [2.45, 2.75) is 0 Å². The maximum Gasteiger partial charge on any atom is 0.146 e. The Morgan fingerprint density at radius 3 is 1.35 bits per heavy atom. The van der Waals surface area contributed by atoms with Crippen molar-refractivity contribution in [2.24, 2.45) is 0 Å². The van der Waals surface area contributed by atoms with Crippen LogP contribution in [0.4, 0.5) is 0 Å². The van der Waals surface area contributed by atoms with Gasteiger partial charge in [0.2, 0.25) is 0 Å². The molecule has 0 fully saturated rings. The second kappa shape index (κ2) is 5.99. The SMILES string of the molecule is N#CC(C#N)=c1cc2ccc3c(ccc4cc(=C(C#N)C#N)sc43)c2s1. The molecule has 0 unspecified atom stereocenters. The summed E-state index contributed by atoms with van der Waals surface area (Å²) in [5.41, 5.74) is 0.224. The quantitative estimate of drug-likeness (QED) is 0.474. The molecule has 4 aromatic rings. The Balaban J connectivity index is 2.17. The van der Waals surface area contributed by atoms with Crippen LogP contribution in [0.15, 0.2) is 36.4 Å². The van der Waals surface area contributed by atoms with Crippen LogP contribution in [0.2, 0.25) is 0 Å². The minimum absolute atomic E-state index is 0.112. The summed E-state index contributed by atoms with van der Waals surface area (Å²) in [7, 11) is 0. The van der Waals surface area contributed by atoms with Crippen LogP contribution >= 0.6 is 22.7 Å². The van der Waals surface area contributed by atoms with Crippen molar-refractivity contribution < 1.29 is 0 Å². The number of benzene rings is 2. The zero-order valence-electron chi connectivity index (χ0n) is 13.1. The molecule has 6 heteroatoms. The molecule has 0 amide bonds. The summed E-state index contributed by atoms with van der Waals surface area (Å²) < 4.78 is 3.35. The molecule has 0 radical (unpaired) electrons. The lowest BCUT2D eigenvalue weighted by molar-refractivity contribution is 1.51. The molecule has 4 rings (SSSR count). The molecule has 118 valence electrons. The zero-order valence-corrected chi connectivity index (χ0v) is 14.7. The van der Waals surface area contributed by atoms with E-state index in [1.807, 2.05) is 60.7 Å². The normalized spacial score (nSPS) is 10.2. The third-order valence-electron chi connectivity index (χ3n) is 4.10. The Morgan fingerprint density at radius 2 is 1.00 bits per heavy atom. The van der Waals surface area contributed by atoms with Crippen LogP contribution in [0.3, 0.4) is 0 Å². The van der Waals surface area contributed by atoms with Crippen LogP contribution < -0.4 is 9.06 Å². The Morgan fingerprint density at radius 1 is 0.615 bits per heavy atom. The van der Waals surface area contributed by atoms with E-state index >= 15 is 0 Å². The molecule has 0 atom stereocenters. The van der Waals surface area contributed by atoms with E-state index in [0.717, 1.165) is 30.9 Å². The molecular formula is C20H6N4S2. The van der Waals surface area contributed by atoms with E-state index in [9.17, 15) is 0 Å². The summed E-state index contributed by atoms with van der Waals surface area (Å²) in [6, 6.07) is 19.4. The summed E-state index contributed by atoms with van der Waals surface area (Å²) in [5, 5.41) is 40.5. The third-order valence-corrected chi connectivity index (χ3v) is 6.50. The van der Waals surface area contributed by atoms with Gasteiger partial charge in [-0.15, -0.1) is 22.7 Å². The van der Waals surface area contributed by atoms with Crippen LogP contribution in [0.5, 0.6) is 0 Å². The van der Waals surface area contributed by atoms with Crippen molar-refractivity contribution in [3.63, 3.8) is 0 Å². The highest BCUT2D eigenvalue weighted by Crippen LogP contribution is 2.34. The van der Waals surface area contributed by atoms with E-state index in [4.69, 9.17) is 21.0 Å². The van der Waals surface area contributed by atoms with Gasteiger partial charge < -0.3 is 0 Å². The molecule has 2 aromatic carbocycles. The topological polar surface area (TPSA) is 95.2 Å². The van der Waals surface area contributed by atoms with Crippen LogP contribution in [0, 0.1) is 45.3 Å². The molecule has 26 heavy (non-hydrogen) atoms. The molecule has 2 aromatic heterocycles. The van der Waals surface area contributed by atoms with Crippen LogP contribution in [0.1, 0.15) is 0 Å². The Labute approximate surface area is 155 Å². The van der Waals surface area contributed by atoms with Gasteiger partial charge in [-0.1, -0.05) is 24.3 Å². The average molecular weight is 366 g/mol. The van der Waals surface area contributed by atoms with Gasteiger partial charge in [0, 0.05) is 20.2 Å². The van der Waals surface area contributed by atoms with Gasteiger partial charge in [-0.3, -0.25) is 0 Å². The second-order valence-corrected chi connectivity index (χ2v) is 7.59. The molecule has 0 N–H and O–H groups in total. The summed E-state index contributed by atoms with van der Waals surface area (Å²) in [6.45, 7) is 0. The number of thiophene rings is 2. The monoisotopic (exact) mass is 366 g/mol. The Bertz CT molecular complexity index is 1370. The number of fused-ring (bicyclic) bond motifs is 5. The molecule has 0 aliphatic heterocycles. The fraction of sp³-hybridized carbons (Fsp3) is 0. The lowest BCUT2D eigenvalue weighted by Crippen LogP contribution is -1.94. The average Bonchev–Trinajstić information content (AvgIpc) is 3.27. The van der Waals surface area contributed by atoms with E-state index in [-0.39, 0.29) is 11.1 Å². The van der Waals surface area contributed by atoms with Gasteiger partial charge in [0.05, 0.1) is 9.06 Å². The Hall–Kier alpha value is -3.68. The lowest BCUT2D eigenvalue weighted by Gasteiger charge is -2.00. The highest BCUT2D eigenvalue weighted by Gasteiger charge is 2.10.